The number of hydrogen-bond acceptors (Lipinski definition) is 3. The van der Waals surface area contributed by atoms with Crippen LogP contribution in [-0.2, 0) is 4.79 Å². The molecule has 0 saturated heterocycles. The largest absolute Gasteiger partial charge is 0.341 e. The normalized spacial score (nSPS) is 15.2. The van der Waals surface area contributed by atoms with Crippen LogP contribution in [0.4, 0.5) is 0 Å². The van der Waals surface area contributed by atoms with Crippen LogP contribution < -0.4 is 5.73 Å². The van der Waals surface area contributed by atoms with Gasteiger partial charge in [-0.2, -0.15) is 11.8 Å². The van der Waals surface area contributed by atoms with E-state index in [-0.39, 0.29) is 11.9 Å². The van der Waals surface area contributed by atoms with E-state index in [9.17, 15) is 4.79 Å². The third-order valence-corrected chi connectivity index (χ3v) is 2.83. The summed E-state index contributed by atoms with van der Waals surface area (Å²) in [5, 5.41) is 0. The Kier molecular flexibility index (Phi) is 6.16. The topological polar surface area (TPSA) is 46.3 Å². The fourth-order valence-corrected chi connectivity index (χ4v) is 2.04. The Morgan fingerprint density at radius 3 is 2.46 bits per heavy atom. The summed E-state index contributed by atoms with van der Waals surface area (Å²) >= 11 is 1.76. The first-order valence-corrected chi connectivity index (χ1v) is 5.95. The predicted octanol–water partition coefficient (Wildman–Crippen LogP) is 0.934. The summed E-state index contributed by atoms with van der Waals surface area (Å²) in [6.45, 7) is 3.82. The third kappa shape index (κ3) is 4.00. The van der Waals surface area contributed by atoms with Crippen molar-refractivity contribution in [2.24, 2.45) is 5.73 Å². The SMILES string of the molecule is CCC(CSC)N(C)C(=O)[C@H](C)N. The molecular weight excluding hydrogens is 184 g/mol. The lowest BCUT2D eigenvalue weighted by Crippen LogP contribution is -2.45. The molecule has 2 N–H and O–H groups in total. The maximum absolute atomic E-state index is 11.5. The Bertz CT molecular complexity index is 162. The van der Waals surface area contributed by atoms with E-state index in [4.69, 9.17) is 5.73 Å². The number of likely N-dealkylation sites (N-methyl/N-ethyl adjacent to an activating group) is 1. The van der Waals surface area contributed by atoms with Crippen molar-refractivity contribution < 1.29 is 4.79 Å². The first kappa shape index (κ1) is 12.8. The van der Waals surface area contributed by atoms with Gasteiger partial charge in [-0.05, 0) is 19.6 Å². The molecule has 0 spiro atoms. The zero-order valence-corrected chi connectivity index (χ0v) is 9.73. The maximum Gasteiger partial charge on any atom is 0.239 e. The monoisotopic (exact) mass is 204 g/mol. The number of thioether (sulfide) groups is 1. The van der Waals surface area contributed by atoms with Gasteiger partial charge in [-0.1, -0.05) is 6.92 Å². The van der Waals surface area contributed by atoms with Gasteiger partial charge in [-0.15, -0.1) is 0 Å². The summed E-state index contributed by atoms with van der Waals surface area (Å²) in [5.41, 5.74) is 5.53. The molecule has 78 valence electrons. The van der Waals surface area contributed by atoms with Gasteiger partial charge in [0.05, 0.1) is 6.04 Å². The minimum atomic E-state index is -0.388. The van der Waals surface area contributed by atoms with Crippen LogP contribution in [-0.4, -0.2) is 41.9 Å². The van der Waals surface area contributed by atoms with Crippen LogP contribution in [0.15, 0.2) is 0 Å². The van der Waals surface area contributed by atoms with E-state index in [0.717, 1.165) is 12.2 Å². The third-order valence-electron chi connectivity index (χ3n) is 2.12. The number of rotatable bonds is 5. The predicted molar refractivity (Wildman–Crippen MR) is 58.9 cm³/mol. The zero-order valence-electron chi connectivity index (χ0n) is 8.91. The van der Waals surface area contributed by atoms with Gasteiger partial charge < -0.3 is 10.6 Å². The van der Waals surface area contributed by atoms with Crippen molar-refractivity contribution in [1.29, 1.82) is 0 Å². The summed E-state index contributed by atoms with van der Waals surface area (Å²) in [4.78, 5) is 13.3. The molecule has 1 unspecified atom stereocenters. The van der Waals surface area contributed by atoms with Gasteiger partial charge in [0.15, 0.2) is 0 Å². The highest BCUT2D eigenvalue weighted by molar-refractivity contribution is 7.98. The molecule has 3 nitrogen and oxygen atoms in total. The van der Waals surface area contributed by atoms with E-state index in [1.165, 1.54) is 0 Å². The first-order chi connectivity index (χ1) is 6.04. The van der Waals surface area contributed by atoms with Crippen molar-refractivity contribution >= 4 is 17.7 Å². The Labute approximate surface area is 85.0 Å². The minimum Gasteiger partial charge on any atom is -0.341 e. The van der Waals surface area contributed by atoms with Gasteiger partial charge in [-0.3, -0.25) is 4.79 Å². The molecule has 0 bridgehead atoms. The van der Waals surface area contributed by atoms with E-state index < -0.39 is 0 Å². The van der Waals surface area contributed by atoms with Crippen LogP contribution in [0.2, 0.25) is 0 Å². The number of carbonyl (C=O) groups excluding carboxylic acids is 1. The number of nitrogens with zero attached hydrogens (tertiary/aromatic N) is 1. The van der Waals surface area contributed by atoms with Crippen molar-refractivity contribution in [2.45, 2.75) is 32.4 Å². The highest BCUT2D eigenvalue weighted by Gasteiger charge is 2.20. The number of hydrogen-bond donors (Lipinski definition) is 1. The average molecular weight is 204 g/mol. The Morgan fingerprint density at radius 2 is 2.15 bits per heavy atom. The average Bonchev–Trinajstić information content (AvgIpc) is 2.11. The Hall–Kier alpha value is -0.220. The van der Waals surface area contributed by atoms with Crippen LogP contribution in [0.1, 0.15) is 20.3 Å². The van der Waals surface area contributed by atoms with E-state index in [2.05, 4.69) is 6.92 Å². The highest BCUT2D eigenvalue weighted by Crippen LogP contribution is 2.08. The highest BCUT2D eigenvalue weighted by atomic mass is 32.2. The summed E-state index contributed by atoms with van der Waals surface area (Å²) in [6.07, 6.45) is 3.03. The maximum atomic E-state index is 11.5. The first-order valence-electron chi connectivity index (χ1n) is 4.55. The Balaban J connectivity index is 4.18. The van der Waals surface area contributed by atoms with Gasteiger partial charge in [0, 0.05) is 18.8 Å². The lowest BCUT2D eigenvalue weighted by Gasteiger charge is -2.28. The van der Waals surface area contributed by atoms with Crippen molar-refractivity contribution in [3.63, 3.8) is 0 Å². The molecule has 0 aromatic carbocycles. The number of carbonyl (C=O) groups is 1. The van der Waals surface area contributed by atoms with Crippen molar-refractivity contribution in [3.8, 4) is 0 Å². The molecule has 2 atom stereocenters. The van der Waals surface area contributed by atoms with Gasteiger partial charge in [-0.25, -0.2) is 0 Å². The molecule has 0 aliphatic carbocycles. The molecule has 0 aromatic rings. The van der Waals surface area contributed by atoms with E-state index in [1.54, 1.807) is 23.6 Å². The van der Waals surface area contributed by atoms with Crippen LogP contribution in [0, 0.1) is 0 Å². The Morgan fingerprint density at radius 1 is 1.62 bits per heavy atom. The van der Waals surface area contributed by atoms with Crippen molar-refractivity contribution in [2.75, 3.05) is 19.1 Å². The van der Waals surface area contributed by atoms with Crippen LogP contribution in [0.25, 0.3) is 0 Å². The number of amides is 1. The zero-order chi connectivity index (χ0) is 10.4. The van der Waals surface area contributed by atoms with Crippen LogP contribution >= 0.6 is 11.8 Å². The number of nitrogens with two attached hydrogens (primary N) is 1. The summed E-state index contributed by atoms with van der Waals surface area (Å²) in [6, 6.07) is -0.0746. The fraction of sp³-hybridized carbons (Fsp3) is 0.889. The standard InChI is InChI=1S/C9H20N2OS/c1-5-8(6-13-4)11(3)9(12)7(2)10/h7-8H,5-6,10H2,1-4H3/t7-,8?/m0/s1. The molecule has 0 fully saturated rings. The minimum absolute atomic E-state index is 0.0286. The smallest absolute Gasteiger partial charge is 0.239 e. The summed E-state index contributed by atoms with van der Waals surface area (Å²) in [5.74, 6) is 1.01. The summed E-state index contributed by atoms with van der Waals surface area (Å²) in [7, 11) is 1.83. The molecule has 0 radical (unpaired) electrons. The van der Waals surface area contributed by atoms with E-state index in [0.29, 0.717) is 6.04 Å². The molecule has 0 saturated carbocycles. The van der Waals surface area contributed by atoms with Crippen LogP contribution in [0.3, 0.4) is 0 Å². The lowest BCUT2D eigenvalue weighted by molar-refractivity contribution is -0.132. The molecule has 13 heavy (non-hydrogen) atoms. The fourth-order valence-electron chi connectivity index (χ4n) is 1.20. The van der Waals surface area contributed by atoms with Gasteiger partial charge in [0.25, 0.3) is 0 Å². The molecule has 4 heteroatoms. The van der Waals surface area contributed by atoms with Crippen molar-refractivity contribution in [1.82, 2.24) is 4.90 Å². The summed E-state index contributed by atoms with van der Waals surface area (Å²) < 4.78 is 0. The van der Waals surface area contributed by atoms with Gasteiger partial charge >= 0.3 is 0 Å². The molecule has 0 heterocycles. The molecule has 0 aromatic heterocycles. The van der Waals surface area contributed by atoms with Gasteiger partial charge in [0.1, 0.15) is 0 Å². The molecule has 0 aliphatic rings. The molecule has 0 rings (SSSR count). The molecule has 1 amide bonds. The molecule has 0 aliphatic heterocycles. The lowest BCUT2D eigenvalue weighted by atomic mass is 10.2. The van der Waals surface area contributed by atoms with E-state index >= 15 is 0 Å². The second-order valence-electron chi connectivity index (χ2n) is 3.26. The quantitative estimate of drug-likeness (QED) is 0.725. The molecular formula is C9H20N2OS. The van der Waals surface area contributed by atoms with E-state index in [1.807, 2.05) is 13.3 Å². The second kappa shape index (κ2) is 6.27. The van der Waals surface area contributed by atoms with Crippen LogP contribution in [0.5, 0.6) is 0 Å². The second-order valence-corrected chi connectivity index (χ2v) is 4.17. The van der Waals surface area contributed by atoms with Crippen molar-refractivity contribution in [3.05, 3.63) is 0 Å². The van der Waals surface area contributed by atoms with Gasteiger partial charge in [0.2, 0.25) is 5.91 Å².